The first kappa shape index (κ1) is 16.2. The van der Waals surface area contributed by atoms with Crippen molar-refractivity contribution in [3.8, 4) is 23.0 Å². The van der Waals surface area contributed by atoms with Gasteiger partial charge in [0.15, 0.2) is 11.5 Å². The molecule has 2 heterocycles. The number of carbonyl (C=O) groups is 2. The van der Waals surface area contributed by atoms with E-state index in [1.807, 2.05) is 0 Å². The zero-order valence-electron chi connectivity index (χ0n) is 13.7. The Bertz CT molecular complexity index is 673. The molecule has 24 heavy (non-hydrogen) atoms. The Hall–Kier alpha value is -2.64. The van der Waals surface area contributed by atoms with Crippen LogP contribution in [0.4, 0.5) is 0 Å². The Morgan fingerprint density at radius 2 is 2.04 bits per heavy atom. The number of carbonyl (C=O) groups excluding carboxylic acids is 2. The van der Waals surface area contributed by atoms with Crippen molar-refractivity contribution in [3.63, 3.8) is 0 Å². The van der Waals surface area contributed by atoms with Gasteiger partial charge in [-0.3, -0.25) is 9.59 Å². The van der Waals surface area contributed by atoms with Crippen LogP contribution in [0.2, 0.25) is 0 Å². The largest absolute Gasteiger partial charge is 0.493 e. The first-order valence-corrected chi connectivity index (χ1v) is 7.61. The summed E-state index contributed by atoms with van der Waals surface area (Å²) >= 11 is 0. The summed E-state index contributed by atoms with van der Waals surface area (Å²) < 4.78 is 26.8. The molecule has 1 aromatic rings. The van der Waals surface area contributed by atoms with Crippen LogP contribution in [0, 0.1) is 5.92 Å². The summed E-state index contributed by atoms with van der Waals surface area (Å²) in [6.07, 6.45) is 0. The third kappa shape index (κ3) is 2.47. The summed E-state index contributed by atoms with van der Waals surface area (Å²) in [6.45, 7) is 2.25. The molecule has 8 nitrogen and oxygen atoms in total. The third-order valence-electron chi connectivity index (χ3n) is 4.14. The lowest BCUT2D eigenvalue weighted by molar-refractivity contribution is -0.151. The fraction of sp³-hybridized carbons (Fsp3) is 0.500. The van der Waals surface area contributed by atoms with E-state index >= 15 is 0 Å². The van der Waals surface area contributed by atoms with Crippen LogP contribution in [0.25, 0.3) is 0 Å². The van der Waals surface area contributed by atoms with E-state index in [1.165, 1.54) is 14.2 Å². The molecular weight excluding hydrogens is 318 g/mol. The smallest absolute Gasteiger partial charge is 0.319 e. The van der Waals surface area contributed by atoms with Crippen molar-refractivity contribution < 1.29 is 33.3 Å². The summed E-state index contributed by atoms with van der Waals surface area (Å²) in [5.74, 6) is -0.566. The van der Waals surface area contributed by atoms with Crippen LogP contribution in [-0.4, -0.2) is 46.0 Å². The monoisotopic (exact) mass is 337 g/mol. The highest BCUT2D eigenvalue weighted by Crippen LogP contribution is 2.52. The highest BCUT2D eigenvalue weighted by molar-refractivity contribution is 6.01. The molecule has 1 fully saturated rings. The minimum absolute atomic E-state index is 0.0503. The Morgan fingerprint density at radius 1 is 1.29 bits per heavy atom. The fourth-order valence-corrected chi connectivity index (χ4v) is 3.09. The van der Waals surface area contributed by atoms with Gasteiger partial charge in [-0.25, -0.2) is 0 Å². The van der Waals surface area contributed by atoms with Gasteiger partial charge in [-0.05, 0) is 13.0 Å². The van der Waals surface area contributed by atoms with Crippen LogP contribution in [0.1, 0.15) is 18.4 Å². The van der Waals surface area contributed by atoms with Crippen molar-refractivity contribution in [2.45, 2.75) is 12.8 Å². The zero-order chi connectivity index (χ0) is 17.3. The van der Waals surface area contributed by atoms with E-state index in [1.54, 1.807) is 13.0 Å². The highest BCUT2D eigenvalue weighted by atomic mass is 16.7. The second-order valence-corrected chi connectivity index (χ2v) is 5.35. The number of benzene rings is 1. The molecule has 1 aromatic carbocycles. The van der Waals surface area contributed by atoms with Crippen molar-refractivity contribution in [2.75, 3.05) is 34.2 Å². The molecule has 1 amide bonds. The maximum absolute atomic E-state index is 12.2. The summed E-state index contributed by atoms with van der Waals surface area (Å²) in [7, 11) is 3.01. The molecule has 1 N–H and O–H groups in total. The molecule has 0 bridgehead atoms. The van der Waals surface area contributed by atoms with Crippen LogP contribution in [0.15, 0.2) is 6.07 Å². The summed E-state index contributed by atoms with van der Waals surface area (Å²) in [5.41, 5.74) is 0.634. The minimum atomic E-state index is -0.941. The van der Waals surface area contributed by atoms with Gasteiger partial charge < -0.3 is 29.0 Å². The van der Waals surface area contributed by atoms with Crippen molar-refractivity contribution in [3.05, 3.63) is 11.6 Å². The van der Waals surface area contributed by atoms with Gasteiger partial charge in [-0.15, -0.1) is 0 Å². The molecule has 2 aliphatic rings. The maximum Gasteiger partial charge on any atom is 0.319 e. The van der Waals surface area contributed by atoms with Gasteiger partial charge in [-0.1, -0.05) is 0 Å². The number of hydrogen-bond donors (Lipinski definition) is 1. The number of ether oxygens (including phenoxy) is 5. The summed E-state index contributed by atoms with van der Waals surface area (Å²) in [6, 6.07) is 1.71. The number of rotatable bonds is 5. The van der Waals surface area contributed by atoms with Crippen molar-refractivity contribution >= 4 is 11.9 Å². The molecule has 0 spiro atoms. The first-order chi connectivity index (χ1) is 11.6. The van der Waals surface area contributed by atoms with E-state index in [-0.39, 0.29) is 19.3 Å². The van der Waals surface area contributed by atoms with E-state index in [4.69, 9.17) is 23.7 Å². The maximum atomic E-state index is 12.2. The lowest BCUT2D eigenvalue weighted by Crippen LogP contribution is -2.29. The minimum Gasteiger partial charge on any atom is -0.493 e. The van der Waals surface area contributed by atoms with E-state index in [0.717, 1.165) is 0 Å². The number of nitrogens with one attached hydrogen (secondary N) is 1. The quantitative estimate of drug-likeness (QED) is 0.628. The number of hydrogen-bond acceptors (Lipinski definition) is 7. The SMILES string of the molecule is CCOC(=O)[C@@H]1C(=O)NC[C@H]1c1cc(OC)c2c(c1OC)OCO2. The van der Waals surface area contributed by atoms with Crippen molar-refractivity contribution in [1.82, 2.24) is 5.32 Å². The summed E-state index contributed by atoms with van der Waals surface area (Å²) in [5, 5.41) is 2.71. The number of esters is 1. The van der Waals surface area contributed by atoms with Gasteiger partial charge >= 0.3 is 5.97 Å². The molecular formula is C16H19NO7. The van der Waals surface area contributed by atoms with E-state index < -0.39 is 17.8 Å². The molecule has 130 valence electrons. The van der Waals surface area contributed by atoms with Gasteiger partial charge in [0, 0.05) is 18.0 Å². The van der Waals surface area contributed by atoms with E-state index in [9.17, 15) is 9.59 Å². The van der Waals surface area contributed by atoms with Crippen LogP contribution in [0.3, 0.4) is 0 Å². The molecule has 2 aliphatic heterocycles. The Balaban J connectivity index is 2.08. The van der Waals surface area contributed by atoms with E-state index in [0.29, 0.717) is 35.1 Å². The average Bonchev–Trinajstić information content (AvgIpc) is 3.20. The number of methoxy groups -OCH3 is 2. The predicted molar refractivity (Wildman–Crippen MR) is 81.5 cm³/mol. The molecule has 3 rings (SSSR count). The lowest BCUT2D eigenvalue weighted by atomic mass is 9.87. The third-order valence-corrected chi connectivity index (χ3v) is 4.14. The lowest BCUT2D eigenvalue weighted by Gasteiger charge is -2.20. The molecule has 0 unspecified atom stereocenters. The molecule has 8 heteroatoms. The van der Waals surface area contributed by atoms with Gasteiger partial charge in [0.25, 0.3) is 0 Å². The van der Waals surface area contributed by atoms with Crippen LogP contribution < -0.4 is 24.3 Å². The molecule has 0 saturated carbocycles. The zero-order valence-corrected chi connectivity index (χ0v) is 13.7. The number of amides is 1. The fourth-order valence-electron chi connectivity index (χ4n) is 3.09. The predicted octanol–water partition coefficient (Wildman–Crippen LogP) is 0.825. The molecule has 1 saturated heterocycles. The summed E-state index contributed by atoms with van der Waals surface area (Å²) in [4.78, 5) is 24.3. The van der Waals surface area contributed by atoms with Crippen molar-refractivity contribution in [1.29, 1.82) is 0 Å². The Kier molecular flexibility index (Phi) is 4.37. The molecule has 0 aromatic heterocycles. The molecule has 2 atom stereocenters. The number of fused-ring (bicyclic) bond motifs is 1. The van der Waals surface area contributed by atoms with Crippen LogP contribution in [0.5, 0.6) is 23.0 Å². The van der Waals surface area contributed by atoms with Crippen molar-refractivity contribution in [2.24, 2.45) is 5.92 Å². The average molecular weight is 337 g/mol. The van der Waals surface area contributed by atoms with Gasteiger partial charge in [0.2, 0.25) is 24.2 Å². The normalized spacial score (nSPS) is 21.4. The second-order valence-electron chi connectivity index (χ2n) is 5.35. The first-order valence-electron chi connectivity index (χ1n) is 7.61. The highest BCUT2D eigenvalue weighted by Gasteiger charge is 2.45. The van der Waals surface area contributed by atoms with Crippen LogP contribution >= 0.6 is 0 Å². The second kappa shape index (κ2) is 6.46. The molecule has 0 aliphatic carbocycles. The molecule has 0 radical (unpaired) electrons. The van der Waals surface area contributed by atoms with Gasteiger partial charge in [0.1, 0.15) is 5.92 Å². The van der Waals surface area contributed by atoms with Gasteiger partial charge in [-0.2, -0.15) is 0 Å². The standard InChI is InChI=1S/C16H19NO7/c1-4-22-16(19)11-9(6-17-15(11)18)8-5-10(20-2)13-14(12(8)21-3)24-7-23-13/h5,9,11H,4,6-7H2,1-3H3,(H,17,18)/t9-,11-/m0/s1. The Labute approximate surface area is 139 Å². The van der Waals surface area contributed by atoms with Crippen LogP contribution in [-0.2, 0) is 14.3 Å². The van der Waals surface area contributed by atoms with E-state index in [2.05, 4.69) is 5.32 Å². The topological polar surface area (TPSA) is 92.3 Å². The van der Waals surface area contributed by atoms with Gasteiger partial charge in [0.05, 0.1) is 20.8 Å². The Morgan fingerprint density at radius 3 is 2.71 bits per heavy atom.